The first-order chi connectivity index (χ1) is 8.58. The van der Waals surface area contributed by atoms with Crippen molar-refractivity contribution in [2.75, 3.05) is 32.8 Å². The van der Waals surface area contributed by atoms with Crippen LogP contribution < -0.4 is 14.4 Å². The number of anilines is 1. The van der Waals surface area contributed by atoms with Gasteiger partial charge in [0.15, 0.2) is 0 Å². The molecule has 0 aromatic heterocycles. The third-order valence-corrected chi connectivity index (χ3v) is 3.41. The number of benzene rings is 1. The van der Waals surface area contributed by atoms with Crippen LogP contribution in [0, 0.1) is 0 Å². The zero-order valence-corrected chi connectivity index (χ0v) is 12.0. The van der Waals surface area contributed by atoms with E-state index in [0.29, 0.717) is 17.2 Å². The van der Waals surface area contributed by atoms with Crippen LogP contribution in [0.5, 0.6) is 11.5 Å². The highest BCUT2D eigenvalue weighted by molar-refractivity contribution is 9.10. The minimum Gasteiger partial charge on any atom is -0.495 e. The molecular formula is C12H14BrNO4. The van der Waals surface area contributed by atoms with E-state index >= 15 is 0 Å². The van der Waals surface area contributed by atoms with Crippen molar-refractivity contribution in [1.29, 1.82) is 0 Å². The molecule has 2 rings (SSSR count). The molecule has 1 aliphatic rings. The fourth-order valence-corrected chi connectivity index (χ4v) is 2.32. The van der Waals surface area contributed by atoms with Gasteiger partial charge in [-0.15, -0.1) is 0 Å². The average molecular weight is 316 g/mol. The fourth-order valence-electron chi connectivity index (χ4n) is 1.83. The molecule has 18 heavy (non-hydrogen) atoms. The van der Waals surface area contributed by atoms with E-state index < -0.39 is 6.10 Å². The SMILES string of the molecule is COCC1Oc2cc(Br)c(OC)cc2N(C)C1=O. The summed E-state index contributed by atoms with van der Waals surface area (Å²) >= 11 is 3.39. The lowest BCUT2D eigenvalue weighted by molar-refractivity contribution is -0.128. The van der Waals surface area contributed by atoms with Gasteiger partial charge in [-0.05, 0) is 15.9 Å². The van der Waals surface area contributed by atoms with E-state index in [1.54, 1.807) is 31.2 Å². The summed E-state index contributed by atoms with van der Waals surface area (Å²) in [6, 6.07) is 3.56. The second-order valence-corrected chi connectivity index (χ2v) is 4.77. The largest absolute Gasteiger partial charge is 0.495 e. The summed E-state index contributed by atoms with van der Waals surface area (Å²) in [6.45, 7) is 0.228. The number of hydrogen-bond donors (Lipinski definition) is 0. The molecular weight excluding hydrogens is 302 g/mol. The summed E-state index contributed by atoms with van der Waals surface area (Å²) in [6.07, 6.45) is -0.604. The van der Waals surface area contributed by atoms with Gasteiger partial charge in [0.2, 0.25) is 6.10 Å². The van der Waals surface area contributed by atoms with Crippen LogP contribution in [0.1, 0.15) is 0 Å². The van der Waals surface area contributed by atoms with Crippen molar-refractivity contribution in [3.8, 4) is 11.5 Å². The molecule has 0 saturated heterocycles. The number of hydrogen-bond acceptors (Lipinski definition) is 4. The van der Waals surface area contributed by atoms with Crippen molar-refractivity contribution < 1.29 is 19.0 Å². The third-order valence-electron chi connectivity index (χ3n) is 2.79. The molecule has 1 heterocycles. The van der Waals surface area contributed by atoms with E-state index in [1.807, 2.05) is 0 Å². The molecule has 0 N–H and O–H groups in total. The molecule has 0 bridgehead atoms. The third kappa shape index (κ3) is 2.18. The Morgan fingerprint density at radius 3 is 2.78 bits per heavy atom. The van der Waals surface area contributed by atoms with E-state index in [0.717, 1.165) is 4.47 Å². The van der Waals surface area contributed by atoms with Crippen LogP contribution in [0.2, 0.25) is 0 Å². The fraction of sp³-hybridized carbons (Fsp3) is 0.417. The van der Waals surface area contributed by atoms with Gasteiger partial charge in [-0.3, -0.25) is 4.79 Å². The van der Waals surface area contributed by atoms with E-state index in [4.69, 9.17) is 14.2 Å². The highest BCUT2D eigenvalue weighted by atomic mass is 79.9. The van der Waals surface area contributed by atoms with Crippen LogP contribution in [-0.4, -0.2) is 39.9 Å². The Labute approximate surface area is 114 Å². The number of likely N-dealkylation sites (N-methyl/N-ethyl adjacent to an activating group) is 1. The summed E-state index contributed by atoms with van der Waals surface area (Å²) < 4.78 is 16.6. The van der Waals surface area contributed by atoms with Crippen molar-refractivity contribution >= 4 is 27.5 Å². The quantitative estimate of drug-likeness (QED) is 0.854. The minimum absolute atomic E-state index is 0.131. The first-order valence-corrected chi connectivity index (χ1v) is 6.18. The Morgan fingerprint density at radius 1 is 1.44 bits per heavy atom. The number of rotatable bonds is 3. The van der Waals surface area contributed by atoms with Gasteiger partial charge in [0.25, 0.3) is 5.91 Å². The first-order valence-electron chi connectivity index (χ1n) is 5.39. The number of amides is 1. The predicted molar refractivity (Wildman–Crippen MR) is 70.4 cm³/mol. The Balaban J connectivity index is 2.42. The number of carbonyl (C=O) groups excluding carboxylic acids is 1. The number of halogens is 1. The molecule has 0 spiro atoms. The lowest BCUT2D eigenvalue weighted by Crippen LogP contribution is -2.46. The van der Waals surface area contributed by atoms with E-state index in [9.17, 15) is 4.79 Å². The number of methoxy groups -OCH3 is 2. The molecule has 6 heteroatoms. The molecule has 1 aromatic rings. The van der Waals surface area contributed by atoms with Crippen LogP contribution in [0.15, 0.2) is 16.6 Å². The van der Waals surface area contributed by atoms with Gasteiger partial charge in [0, 0.05) is 26.3 Å². The van der Waals surface area contributed by atoms with Crippen LogP contribution in [0.4, 0.5) is 5.69 Å². The van der Waals surface area contributed by atoms with E-state index in [1.165, 1.54) is 7.11 Å². The van der Waals surface area contributed by atoms with Gasteiger partial charge in [0.05, 0.1) is 23.9 Å². The maximum Gasteiger partial charge on any atom is 0.270 e. The van der Waals surface area contributed by atoms with Crippen molar-refractivity contribution in [1.82, 2.24) is 0 Å². The number of fused-ring (bicyclic) bond motifs is 1. The molecule has 0 saturated carbocycles. The zero-order valence-electron chi connectivity index (χ0n) is 10.4. The molecule has 0 radical (unpaired) electrons. The summed E-state index contributed by atoms with van der Waals surface area (Å²) in [5.74, 6) is 1.16. The predicted octanol–water partition coefficient (Wildman–Crippen LogP) is 1.83. The second-order valence-electron chi connectivity index (χ2n) is 3.91. The van der Waals surface area contributed by atoms with Gasteiger partial charge < -0.3 is 19.1 Å². The molecule has 5 nitrogen and oxygen atoms in total. The normalized spacial score (nSPS) is 18.3. The minimum atomic E-state index is -0.604. The van der Waals surface area contributed by atoms with Gasteiger partial charge in [-0.2, -0.15) is 0 Å². The lowest BCUT2D eigenvalue weighted by Gasteiger charge is -2.32. The molecule has 98 valence electrons. The Kier molecular flexibility index (Phi) is 3.77. The molecule has 1 aliphatic heterocycles. The van der Waals surface area contributed by atoms with E-state index in [-0.39, 0.29) is 12.5 Å². The smallest absolute Gasteiger partial charge is 0.270 e. The summed E-state index contributed by atoms with van der Waals surface area (Å²) in [5, 5.41) is 0. The topological polar surface area (TPSA) is 48.0 Å². The Bertz CT molecular complexity index is 477. The molecule has 1 unspecified atom stereocenters. The highest BCUT2D eigenvalue weighted by Gasteiger charge is 2.33. The maximum absolute atomic E-state index is 12.0. The Hall–Kier alpha value is -1.27. The molecule has 1 amide bonds. The Morgan fingerprint density at radius 2 is 2.17 bits per heavy atom. The molecule has 1 aromatic carbocycles. The van der Waals surface area contributed by atoms with Crippen molar-refractivity contribution in [3.05, 3.63) is 16.6 Å². The molecule has 0 fully saturated rings. The van der Waals surface area contributed by atoms with Crippen LogP contribution in [-0.2, 0) is 9.53 Å². The van der Waals surface area contributed by atoms with Gasteiger partial charge in [-0.1, -0.05) is 0 Å². The van der Waals surface area contributed by atoms with Crippen molar-refractivity contribution in [2.24, 2.45) is 0 Å². The zero-order chi connectivity index (χ0) is 13.3. The van der Waals surface area contributed by atoms with Crippen molar-refractivity contribution in [2.45, 2.75) is 6.10 Å². The second kappa shape index (κ2) is 5.16. The molecule has 1 atom stereocenters. The number of carbonyl (C=O) groups is 1. The lowest BCUT2D eigenvalue weighted by atomic mass is 10.2. The van der Waals surface area contributed by atoms with Gasteiger partial charge in [-0.25, -0.2) is 0 Å². The van der Waals surface area contributed by atoms with Gasteiger partial charge in [0.1, 0.15) is 11.5 Å². The van der Waals surface area contributed by atoms with Crippen LogP contribution >= 0.6 is 15.9 Å². The van der Waals surface area contributed by atoms with Gasteiger partial charge >= 0.3 is 0 Å². The van der Waals surface area contributed by atoms with E-state index in [2.05, 4.69) is 15.9 Å². The average Bonchev–Trinajstić information content (AvgIpc) is 2.35. The molecule has 0 aliphatic carbocycles. The number of nitrogens with zero attached hydrogens (tertiary/aromatic N) is 1. The summed E-state index contributed by atoms with van der Waals surface area (Å²) in [7, 11) is 4.82. The highest BCUT2D eigenvalue weighted by Crippen LogP contribution is 2.40. The summed E-state index contributed by atoms with van der Waals surface area (Å²) in [4.78, 5) is 13.6. The van der Waals surface area contributed by atoms with Crippen LogP contribution in [0.3, 0.4) is 0 Å². The van der Waals surface area contributed by atoms with Crippen molar-refractivity contribution in [3.63, 3.8) is 0 Å². The first kappa shape index (κ1) is 13.2. The maximum atomic E-state index is 12.0. The standard InChI is InChI=1S/C12H14BrNO4/c1-14-8-5-9(17-3)7(13)4-10(8)18-11(6-16-2)12(14)15/h4-5,11H,6H2,1-3H3. The summed E-state index contributed by atoms with van der Waals surface area (Å²) in [5.41, 5.74) is 0.687. The van der Waals surface area contributed by atoms with Crippen LogP contribution in [0.25, 0.3) is 0 Å². The number of ether oxygens (including phenoxy) is 3. The monoisotopic (exact) mass is 315 g/mol.